The van der Waals surface area contributed by atoms with Crippen LogP contribution in [0, 0.1) is 0 Å². The lowest BCUT2D eigenvalue weighted by atomic mass is 9.34. The fourth-order valence-corrected chi connectivity index (χ4v) is 5.25. The fourth-order valence-electron chi connectivity index (χ4n) is 5.25. The molecule has 0 saturated carbocycles. The Labute approximate surface area is 192 Å². The second-order valence-corrected chi connectivity index (χ2v) is 8.32. The molecule has 3 aromatic carbocycles. The Morgan fingerprint density at radius 1 is 0.485 bits per heavy atom. The first-order chi connectivity index (χ1) is 16.4. The van der Waals surface area contributed by atoms with Gasteiger partial charge in [-0.05, 0) is 64.9 Å². The van der Waals surface area contributed by atoms with Crippen molar-refractivity contribution in [1.29, 1.82) is 0 Å². The van der Waals surface area contributed by atoms with Gasteiger partial charge in [0.15, 0.2) is 0 Å². The number of benzene rings is 3. The van der Waals surface area contributed by atoms with E-state index in [1.807, 2.05) is 24.5 Å². The van der Waals surface area contributed by atoms with Gasteiger partial charge in [0, 0.05) is 35.1 Å². The van der Waals surface area contributed by atoms with Crippen molar-refractivity contribution in [2.24, 2.45) is 0 Å². The summed E-state index contributed by atoms with van der Waals surface area (Å²) in [5, 5.41) is 0. The number of aromatic nitrogens is 2. The van der Waals surface area contributed by atoms with Crippen molar-refractivity contribution in [3.05, 3.63) is 116 Å². The highest BCUT2D eigenvalue weighted by Crippen LogP contribution is 2.41. The number of hydrogen-bond acceptors (Lipinski definition) is 4. The third kappa shape index (κ3) is 2.59. The summed E-state index contributed by atoms with van der Waals surface area (Å²) in [5.41, 5.74) is 8.20. The molecule has 2 aliphatic rings. The minimum absolute atomic E-state index is 0.0727. The molecule has 33 heavy (non-hydrogen) atoms. The first kappa shape index (κ1) is 18.2. The predicted octanol–water partition coefficient (Wildman–Crippen LogP) is 4.56. The van der Waals surface area contributed by atoms with Crippen molar-refractivity contribution in [2.75, 3.05) is 9.80 Å². The lowest BCUT2D eigenvalue weighted by Gasteiger charge is -2.42. The summed E-state index contributed by atoms with van der Waals surface area (Å²) in [4.78, 5) is 14.3. The number of nitrogens with zero attached hydrogens (tertiary/aromatic N) is 4. The van der Waals surface area contributed by atoms with Gasteiger partial charge in [-0.15, -0.1) is 0 Å². The van der Waals surface area contributed by atoms with Gasteiger partial charge in [0.1, 0.15) is 11.6 Å². The van der Waals surface area contributed by atoms with Crippen molar-refractivity contribution in [1.82, 2.24) is 9.97 Å². The maximum absolute atomic E-state index is 4.87. The Hall–Kier alpha value is -4.38. The van der Waals surface area contributed by atoms with Crippen LogP contribution in [0.15, 0.2) is 116 Å². The molecule has 0 fully saturated rings. The molecule has 0 bridgehead atoms. The molecule has 5 aromatic rings. The van der Waals surface area contributed by atoms with Crippen LogP contribution < -0.4 is 26.2 Å². The zero-order valence-corrected chi connectivity index (χ0v) is 17.8. The van der Waals surface area contributed by atoms with Gasteiger partial charge in [-0.2, -0.15) is 0 Å². The first-order valence-electron chi connectivity index (χ1n) is 11.1. The van der Waals surface area contributed by atoms with Crippen LogP contribution in [0.5, 0.6) is 0 Å². The molecule has 0 amide bonds. The summed E-state index contributed by atoms with van der Waals surface area (Å²) >= 11 is 0. The summed E-state index contributed by atoms with van der Waals surface area (Å²) < 4.78 is 0. The zero-order chi connectivity index (χ0) is 21.8. The SMILES string of the molecule is c1ccc(N2c3cccc4c3B(c3cccnc32)c2cccnc2N4c2ccccc2)cc1. The summed E-state index contributed by atoms with van der Waals surface area (Å²) in [6.45, 7) is 0.0727. The van der Waals surface area contributed by atoms with E-state index < -0.39 is 0 Å². The highest BCUT2D eigenvalue weighted by Gasteiger charge is 2.43. The highest BCUT2D eigenvalue weighted by molar-refractivity contribution is 7.00. The second kappa shape index (κ2) is 7.07. The van der Waals surface area contributed by atoms with Crippen LogP contribution in [0.4, 0.5) is 34.4 Å². The number of pyridine rings is 2. The van der Waals surface area contributed by atoms with Gasteiger partial charge < -0.3 is 0 Å². The molecule has 0 atom stereocenters. The molecule has 7 rings (SSSR count). The third-order valence-electron chi connectivity index (χ3n) is 6.54. The van der Waals surface area contributed by atoms with Crippen LogP contribution in [0.3, 0.4) is 0 Å². The molecule has 2 aliphatic heterocycles. The summed E-state index contributed by atoms with van der Waals surface area (Å²) in [5.74, 6) is 1.95. The molecule has 4 nitrogen and oxygen atoms in total. The number of fused-ring (bicyclic) bond motifs is 4. The molecular weight excluding hydrogens is 403 g/mol. The number of para-hydroxylation sites is 2. The largest absolute Gasteiger partial charge is 0.296 e. The average Bonchev–Trinajstić information content (AvgIpc) is 2.89. The van der Waals surface area contributed by atoms with E-state index in [4.69, 9.17) is 9.97 Å². The maximum atomic E-state index is 4.87. The Morgan fingerprint density at radius 3 is 1.45 bits per heavy atom. The Bertz CT molecular complexity index is 1380. The van der Waals surface area contributed by atoms with Gasteiger partial charge in [0.25, 0.3) is 6.71 Å². The van der Waals surface area contributed by atoms with Crippen LogP contribution in [0.2, 0.25) is 0 Å². The van der Waals surface area contributed by atoms with Crippen molar-refractivity contribution in [3.63, 3.8) is 0 Å². The molecule has 0 aliphatic carbocycles. The van der Waals surface area contributed by atoms with E-state index in [-0.39, 0.29) is 6.71 Å². The molecule has 0 saturated heterocycles. The molecule has 2 aromatic heterocycles. The summed E-state index contributed by atoms with van der Waals surface area (Å²) in [7, 11) is 0. The maximum Gasteiger partial charge on any atom is 0.256 e. The van der Waals surface area contributed by atoms with Crippen LogP contribution in [0.25, 0.3) is 0 Å². The fraction of sp³-hybridized carbons (Fsp3) is 0. The van der Waals surface area contributed by atoms with E-state index in [0.29, 0.717) is 0 Å². The lowest BCUT2D eigenvalue weighted by Crippen LogP contribution is -2.61. The first-order valence-corrected chi connectivity index (χ1v) is 11.1. The van der Waals surface area contributed by atoms with Gasteiger partial charge in [-0.1, -0.05) is 54.6 Å². The molecule has 0 N–H and O–H groups in total. The normalized spacial score (nSPS) is 13.3. The standard InChI is InChI=1S/C28H19BN4/c1-3-10-20(11-4-1)32-24-16-7-17-25-26(24)29(22-14-8-18-30-27(22)32)23-15-9-19-31-28(23)33(25)21-12-5-2-6-13-21/h1-19H. The molecular formula is C28H19BN4. The van der Waals surface area contributed by atoms with Crippen LogP contribution >= 0.6 is 0 Å². The highest BCUT2D eigenvalue weighted by atomic mass is 15.2. The van der Waals surface area contributed by atoms with Crippen molar-refractivity contribution in [2.45, 2.75) is 0 Å². The average molecular weight is 422 g/mol. The topological polar surface area (TPSA) is 32.3 Å². The van der Waals surface area contributed by atoms with Gasteiger partial charge in [0.2, 0.25) is 0 Å². The summed E-state index contributed by atoms with van der Waals surface area (Å²) in [6.07, 6.45) is 3.76. The van der Waals surface area contributed by atoms with Gasteiger partial charge in [-0.25, -0.2) is 9.97 Å². The van der Waals surface area contributed by atoms with Crippen molar-refractivity contribution < 1.29 is 0 Å². The van der Waals surface area contributed by atoms with Crippen molar-refractivity contribution in [3.8, 4) is 0 Å². The molecule has 0 radical (unpaired) electrons. The second-order valence-electron chi connectivity index (χ2n) is 8.32. The minimum atomic E-state index is 0.0727. The lowest BCUT2D eigenvalue weighted by molar-refractivity contribution is 1.16. The van der Waals surface area contributed by atoms with Crippen LogP contribution in [-0.2, 0) is 0 Å². The molecule has 0 spiro atoms. The van der Waals surface area contributed by atoms with E-state index in [2.05, 4.69) is 101 Å². The number of hydrogen-bond donors (Lipinski definition) is 0. The summed E-state index contributed by atoms with van der Waals surface area (Å²) in [6, 6.07) is 36.0. The van der Waals surface area contributed by atoms with Gasteiger partial charge in [0.05, 0.1) is 0 Å². The van der Waals surface area contributed by atoms with Gasteiger partial charge >= 0.3 is 0 Å². The van der Waals surface area contributed by atoms with Crippen LogP contribution in [-0.4, -0.2) is 16.7 Å². The third-order valence-corrected chi connectivity index (χ3v) is 6.54. The van der Waals surface area contributed by atoms with E-state index in [1.165, 1.54) is 16.4 Å². The Kier molecular flexibility index (Phi) is 3.90. The predicted molar refractivity (Wildman–Crippen MR) is 136 cm³/mol. The van der Waals surface area contributed by atoms with E-state index in [9.17, 15) is 0 Å². The monoisotopic (exact) mass is 422 g/mol. The van der Waals surface area contributed by atoms with E-state index in [1.54, 1.807) is 0 Å². The molecule has 0 unspecified atom stereocenters. The zero-order valence-electron chi connectivity index (χ0n) is 17.8. The van der Waals surface area contributed by atoms with E-state index >= 15 is 0 Å². The molecule has 154 valence electrons. The number of rotatable bonds is 2. The Balaban J connectivity index is 1.58. The molecule has 4 heterocycles. The van der Waals surface area contributed by atoms with Gasteiger partial charge in [-0.3, -0.25) is 9.80 Å². The minimum Gasteiger partial charge on any atom is -0.296 e. The Morgan fingerprint density at radius 2 is 0.970 bits per heavy atom. The quantitative estimate of drug-likeness (QED) is 0.383. The van der Waals surface area contributed by atoms with Crippen molar-refractivity contribution >= 4 is 57.5 Å². The smallest absolute Gasteiger partial charge is 0.256 e. The number of anilines is 6. The van der Waals surface area contributed by atoms with E-state index in [0.717, 1.165) is 34.4 Å². The molecule has 5 heteroatoms. The van der Waals surface area contributed by atoms with Crippen LogP contribution in [0.1, 0.15) is 0 Å².